The first-order valence-electron chi connectivity index (χ1n) is 6.19. The topological polar surface area (TPSA) is 78.2 Å². The Morgan fingerprint density at radius 2 is 2.10 bits per heavy atom. The minimum atomic E-state index is -0.813. The van der Waals surface area contributed by atoms with Gasteiger partial charge in [-0.05, 0) is 34.8 Å². The van der Waals surface area contributed by atoms with Gasteiger partial charge in [0.15, 0.2) is 11.6 Å². The van der Waals surface area contributed by atoms with Gasteiger partial charge >= 0.3 is 0 Å². The fourth-order valence-electron chi connectivity index (χ4n) is 1.79. The van der Waals surface area contributed by atoms with E-state index in [9.17, 15) is 14.5 Å². The standard InChI is InChI=1S/C13H9BrFN3O3/c14-11-6-12(17-13(16-11)7-1-2-7)21-10-4-3-8(18(19)20)5-9(10)15/h3-7H,1-2H2. The van der Waals surface area contributed by atoms with Crippen molar-refractivity contribution in [2.75, 3.05) is 0 Å². The van der Waals surface area contributed by atoms with Crippen LogP contribution < -0.4 is 4.74 Å². The van der Waals surface area contributed by atoms with Crippen LogP contribution in [0.5, 0.6) is 11.6 Å². The zero-order chi connectivity index (χ0) is 15.0. The van der Waals surface area contributed by atoms with E-state index in [1.807, 2.05) is 0 Å². The molecule has 1 saturated carbocycles. The molecule has 3 rings (SSSR count). The second kappa shape index (κ2) is 5.36. The van der Waals surface area contributed by atoms with Gasteiger partial charge in [-0.2, -0.15) is 4.98 Å². The van der Waals surface area contributed by atoms with E-state index in [1.165, 1.54) is 18.2 Å². The molecule has 1 heterocycles. The fourth-order valence-corrected chi connectivity index (χ4v) is 2.17. The van der Waals surface area contributed by atoms with Gasteiger partial charge in [0.05, 0.1) is 11.0 Å². The monoisotopic (exact) mass is 353 g/mol. The SMILES string of the molecule is O=[N+]([O-])c1ccc(Oc2cc(Br)nc(C3CC3)n2)c(F)c1. The zero-order valence-corrected chi connectivity index (χ0v) is 12.2. The summed E-state index contributed by atoms with van der Waals surface area (Å²) >= 11 is 3.26. The first-order chi connectivity index (χ1) is 10.0. The lowest BCUT2D eigenvalue weighted by atomic mass is 10.3. The summed E-state index contributed by atoms with van der Waals surface area (Å²) in [6.45, 7) is 0. The number of nitro benzene ring substituents is 1. The molecule has 0 N–H and O–H groups in total. The summed E-state index contributed by atoms with van der Waals surface area (Å²) in [6, 6.07) is 4.72. The Hall–Kier alpha value is -2.09. The number of nitro groups is 1. The van der Waals surface area contributed by atoms with E-state index >= 15 is 0 Å². The quantitative estimate of drug-likeness (QED) is 0.472. The average Bonchev–Trinajstić information content (AvgIpc) is 3.24. The molecule has 1 aromatic carbocycles. The molecule has 0 amide bonds. The van der Waals surface area contributed by atoms with E-state index < -0.39 is 10.7 Å². The summed E-state index contributed by atoms with van der Waals surface area (Å²) in [5, 5.41) is 10.6. The van der Waals surface area contributed by atoms with E-state index in [-0.39, 0.29) is 17.3 Å². The number of ether oxygens (including phenoxy) is 1. The van der Waals surface area contributed by atoms with Gasteiger partial charge in [-0.3, -0.25) is 10.1 Å². The van der Waals surface area contributed by atoms with Crippen LogP contribution in [0.25, 0.3) is 0 Å². The van der Waals surface area contributed by atoms with Crippen molar-refractivity contribution in [1.29, 1.82) is 0 Å². The molecule has 1 aromatic heterocycles. The Kier molecular flexibility index (Phi) is 3.54. The van der Waals surface area contributed by atoms with Gasteiger partial charge in [-0.25, -0.2) is 9.37 Å². The maximum absolute atomic E-state index is 13.8. The Balaban J connectivity index is 1.88. The van der Waals surface area contributed by atoms with Gasteiger partial charge in [0.25, 0.3) is 5.69 Å². The number of hydrogen-bond donors (Lipinski definition) is 0. The van der Waals surface area contributed by atoms with Crippen molar-refractivity contribution in [2.24, 2.45) is 0 Å². The molecule has 0 aliphatic heterocycles. The summed E-state index contributed by atoms with van der Waals surface area (Å²) in [7, 11) is 0. The van der Waals surface area contributed by atoms with Crippen LogP contribution >= 0.6 is 15.9 Å². The molecule has 1 aliphatic rings. The summed E-state index contributed by atoms with van der Waals surface area (Å²) in [4.78, 5) is 18.4. The van der Waals surface area contributed by atoms with Crippen LogP contribution in [0.2, 0.25) is 0 Å². The lowest BCUT2D eigenvalue weighted by Gasteiger charge is -2.07. The number of aromatic nitrogens is 2. The van der Waals surface area contributed by atoms with Crippen molar-refractivity contribution in [3.63, 3.8) is 0 Å². The molecule has 0 atom stereocenters. The van der Waals surface area contributed by atoms with E-state index in [0.717, 1.165) is 18.9 Å². The number of halogens is 2. The number of hydrogen-bond acceptors (Lipinski definition) is 5. The minimum Gasteiger partial charge on any atom is -0.436 e. The second-order valence-corrected chi connectivity index (χ2v) is 5.45. The van der Waals surface area contributed by atoms with Gasteiger partial charge in [0.2, 0.25) is 5.88 Å². The summed E-state index contributed by atoms with van der Waals surface area (Å²) < 4.78 is 19.7. The number of rotatable bonds is 4. The fraction of sp³-hybridized carbons (Fsp3) is 0.231. The average molecular weight is 354 g/mol. The molecular weight excluding hydrogens is 345 g/mol. The highest BCUT2D eigenvalue weighted by molar-refractivity contribution is 9.10. The maximum Gasteiger partial charge on any atom is 0.272 e. The van der Waals surface area contributed by atoms with Crippen molar-refractivity contribution < 1.29 is 14.1 Å². The molecule has 0 saturated heterocycles. The smallest absolute Gasteiger partial charge is 0.272 e. The maximum atomic E-state index is 13.8. The minimum absolute atomic E-state index is 0.118. The molecule has 2 aromatic rings. The number of nitrogens with zero attached hydrogens (tertiary/aromatic N) is 3. The molecule has 0 bridgehead atoms. The molecule has 8 heteroatoms. The van der Waals surface area contributed by atoms with Crippen LogP contribution in [0.4, 0.5) is 10.1 Å². The van der Waals surface area contributed by atoms with Crippen LogP contribution in [0, 0.1) is 15.9 Å². The lowest BCUT2D eigenvalue weighted by Crippen LogP contribution is -1.98. The molecule has 108 valence electrons. The highest BCUT2D eigenvalue weighted by Crippen LogP contribution is 2.39. The first kappa shape index (κ1) is 13.9. The number of non-ortho nitro benzene ring substituents is 1. The predicted octanol–water partition coefficient (Wildman–Crippen LogP) is 3.96. The molecule has 0 spiro atoms. The number of benzene rings is 1. The Morgan fingerprint density at radius 3 is 2.71 bits per heavy atom. The van der Waals surface area contributed by atoms with Gasteiger partial charge < -0.3 is 4.74 Å². The van der Waals surface area contributed by atoms with Crippen LogP contribution in [0.15, 0.2) is 28.9 Å². The Labute approximate surface area is 127 Å². The Morgan fingerprint density at radius 1 is 1.33 bits per heavy atom. The highest BCUT2D eigenvalue weighted by Gasteiger charge is 2.27. The van der Waals surface area contributed by atoms with Crippen molar-refractivity contribution in [2.45, 2.75) is 18.8 Å². The third-order valence-corrected chi connectivity index (χ3v) is 3.38. The van der Waals surface area contributed by atoms with E-state index in [4.69, 9.17) is 4.74 Å². The highest BCUT2D eigenvalue weighted by atomic mass is 79.9. The molecule has 0 unspecified atom stereocenters. The van der Waals surface area contributed by atoms with E-state index in [0.29, 0.717) is 16.3 Å². The second-order valence-electron chi connectivity index (χ2n) is 4.64. The van der Waals surface area contributed by atoms with Gasteiger partial charge in [-0.1, -0.05) is 0 Å². The van der Waals surface area contributed by atoms with Gasteiger partial charge in [0.1, 0.15) is 10.4 Å². The van der Waals surface area contributed by atoms with Crippen molar-refractivity contribution in [3.05, 3.63) is 50.6 Å². The van der Waals surface area contributed by atoms with Gasteiger partial charge in [-0.15, -0.1) is 0 Å². The lowest BCUT2D eigenvalue weighted by molar-refractivity contribution is -0.385. The first-order valence-corrected chi connectivity index (χ1v) is 6.98. The molecule has 1 fully saturated rings. The van der Waals surface area contributed by atoms with Crippen molar-refractivity contribution in [1.82, 2.24) is 9.97 Å². The third kappa shape index (κ3) is 3.15. The largest absolute Gasteiger partial charge is 0.436 e. The van der Waals surface area contributed by atoms with E-state index in [1.54, 1.807) is 0 Å². The van der Waals surface area contributed by atoms with Crippen molar-refractivity contribution in [3.8, 4) is 11.6 Å². The zero-order valence-electron chi connectivity index (χ0n) is 10.6. The van der Waals surface area contributed by atoms with Crippen LogP contribution in [0.1, 0.15) is 24.6 Å². The Bertz CT molecular complexity index is 722. The van der Waals surface area contributed by atoms with Crippen molar-refractivity contribution >= 4 is 21.6 Å². The van der Waals surface area contributed by atoms with E-state index in [2.05, 4.69) is 25.9 Å². The molecule has 0 radical (unpaired) electrons. The summed E-state index contributed by atoms with van der Waals surface area (Å²) in [6.07, 6.45) is 2.06. The van der Waals surface area contributed by atoms with Crippen LogP contribution in [0.3, 0.4) is 0 Å². The van der Waals surface area contributed by atoms with Gasteiger partial charge in [0, 0.05) is 18.1 Å². The van der Waals surface area contributed by atoms with Crippen LogP contribution in [-0.2, 0) is 0 Å². The molecule has 1 aliphatic carbocycles. The predicted molar refractivity (Wildman–Crippen MR) is 74.8 cm³/mol. The normalized spacial score (nSPS) is 14.0. The third-order valence-electron chi connectivity index (χ3n) is 2.97. The summed E-state index contributed by atoms with van der Waals surface area (Å²) in [5.41, 5.74) is -0.331. The molecule has 6 nitrogen and oxygen atoms in total. The molecule has 21 heavy (non-hydrogen) atoms. The summed E-state index contributed by atoms with van der Waals surface area (Å²) in [5.74, 6) is 0.250. The van der Waals surface area contributed by atoms with Crippen LogP contribution in [-0.4, -0.2) is 14.9 Å². The molecular formula is C13H9BrFN3O3.